The molecule has 1 amide bonds. The fourth-order valence-corrected chi connectivity index (χ4v) is 5.18. The number of imidazole rings is 1. The molecule has 12 heteroatoms. The summed E-state index contributed by atoms with van der Waals surface area (Å²) in [6, 6.07) is 9.79. The summed E-state index contributed by atoms with van der Waals surface area (Å²) in [5, 5.41) is 8.80. The number of aromatic nitrogens is 4. The first-order valence-electron chi connectivity index (χ1n) is 12.6. The van der Waals surface area contributed by atoms with Gasteiger partial charge >= 0.3 is 6.09 Å². The molecule has 1 fully saturated rings. The molecule has 1 N–H and O–H groups in total. The fourth-order valence-electron chi connectivity index (χ4n) is 4.34. The summed E-state index contributed by atoms with van der Waals surface area (Å²) in [6.07, 6.45) is 0.249. The number of ether oxygens (including phenoxy) is 1. The van der Waals surface area contributed by atoms with Crippen molar-refractivity contribution in [3.05, 3.63) is 59.3 Å². The summed E-state index contributed by atoms with van der Waals surface area (Å²) < 4.78 is 20.6. The standard InChI is InChI=1S/C27H29FN8O2S/c1-7-19-24(34(6)25-32-22(23(29-5)39-25)16-8-10-17(28)11-9-16)36-20(31-19)12-13-21(33-36)35-14-18(15-35)30-26(37)38-27(2,3)4/h8-13,18H,7,14-15H2,1-4,6H3,(H,30,37). The van der Waals surface area contributed by atoms with Gasteiger partial charge in [0, 0.05) is 20.1 Å². The first-order chi connectivity index (χ1) is 18.6. The van der Waals surface area contributed by atoms with Crippen molar-refractivity contribution in [2.24, 2.45) is 0 Å². The van der Waals surface area contributed by atoms with E-state index in [1.54, 1.807) is 16.6 Å². The predicted molar refractivity (Wildman–Crippen MR) is 150 cm³/mol. The van der Waals surface area contributed by atoms with Gasteiger partial charge in [0.2, 0.25) is 0 Å². The Morgan fingerprint density at radius 3 is 2.59 bits per heavy atom. The van der Waals surface area contributed by atoms with Crippen LogP contribution >= 0.6 is 11.3 Å². The molecule has 0 saturated carbocycles. The van der Waals surface area contributed by atoms with Crippen molar-refractivity contribution < 1.29 is 13.9 Å². The van der Waals surface area contributed by atoms with E-state index in [1.165, 1.54) is 23.5 Å². The summed E-state index contributed by atoms with van der Waals surface area (Å²) in [5.74, 6) is 1.17. The Hall–Kier alpha value is -4.24. The highest BCUT2D eigenvalue weighted by Crippen LogP contribution is 2.42. The Labute approximate surface area is 229 Å². The van der Waals surface area contributed by atoms with Crippen LogP contribution in [0.25, 0.3) is 21.7 Å². The fraction of sp³-hybridized carbons (Fsp3) is 0.370. The maximum atomic E-state index is 13.5. The highest BCUT2D eigenvalue weighted by atomic mass is 32.1. The first-order valence-corrected chi connectivity index (χ1v) is 13.4. The Balaban J connectivity index is 1.41. The van der Waals surface area contributed by atoms with E-state index < -0.39 is 11.7 Å². The van der Waals surface area contributed by atoms with Crippen molar-refractivity contribution in [2.45, 2.75) is 45.8 Å². The van der Waals surface area contributed by atoms with Crippen molar-refractivity contribution in [3.63, 3.8) is 0 Å². The number of nitrogens with one attached hydrogen (secondary N) is 1. The third kappa shape index (κ3) is 5.35. The zero-order chi connectivity index (χ0) is 27.9. The number of rotatable bonds is 6. The van der Waals surface area contributed by atoms with Gasteiger partial charge < -0.3 is 19.9 Å². The molecule has 0 atom stereocenters. The van der Waals surface area contributed by atoms with Gasteiger partial charge in [0.05, 0.1) is 24.0 Å². The molecule has 4 heterocycles. The molecule has 4 aromatic rings. The number of anilines is 3. The maximum absolute atomic E-state index is 13.5. The Bertz CT molecular complexity index is 1560. The van der Waals surface area contributed by atoms with Crippen LogP contribution in [0.3, 0.4) is 0 Å². The lowest BCUT2D eigenvalue weighted by Gasteiger charge is -2.40. The monoisotopic (exact) mass is 548 g/mol. The molecule has 1 aromatic carbocycles. The number of thiazole rings is 1. The van der Waals surface area contributed by atoms with Crippen LogP contribution in [-0.2, 0) is 11.2 Å². The Morgan fingerprint density at radius 1 is 1.23 bits per heavy atom. The molecule has 0 spiro atoms. The lowest BCUT2D eigenvalue weighted by atomic mass is 10.1. The van der Waals surface area contributed by atoms with E-state index in [2.05, 4.69) is 15.1 Å². The zero-order valence-electron chi connectivity index (χ0n) is 22.4. The number of fused-ring (bicyclic) bond motifs is 1. The largest absolute Gasteiger partial charge is 0.444 e. The predicted octanol–water partition coefficient (Wildman–Crippen LogP) is 5.59. The number of hydrogen-bond acceptors (Lipinski definition) is 8. The second kappa shape index (κ2) is 10.1. The van der Waals surface area contributed by atoms with Gasteiger partial charge in [-0.3, -0.25) is 0 Å². The SMILES string of the molecule is [C-]#[N+]c1sc(N(C)c2c(CC)nc3ccc(N4CC(NC(=O)OC(C)(C)C)C4)nn23)nc1-c1ccc(F)cc1. The van der Waals surface area contributed by atoms with Crippen LogP contribution in [0.1, 0.15) is 33.4 Å². The minimum Gasteiger partial charge on any atom is -0.444 e. The van der Waals surface area contributed by atoms with Crippen LogP contribution in [0.5, 0.6) is 0 Å². The van der Waals surface area contributed by atoms with E-state index in [0.29, 0.717) is 46.5 Å². The molecule has 202 valence electrons. The van der Waals surface area contributed by atoms with Gasteiger partial charge in [0.25, 0.3) is 5.00 Å². The molecule has 10 nitrogen and oxygen atoms in total. The Morgan fingerprint density at radius 2 is 1.95 bits per heavy atom. The average Bonchev–Trinajstić information content (AvgIpc) is 3.46. The van der Waals surface area contributed by atoms with Gasteiger partial charge in [0.1, 0.15) is 17.2 Å². The van der Waals surface area contributed by atoms with Gasteiger partial charge in [-0.25, -0.2) is 24.0 Å². The van der Waals surface area contributed by atoms with Crippen LogP contribution in [0.15, 0.2) is 36.4 Å². The molecule has 0 aliphatic carbocycles. The van der Waals surface area contributed by atoms with Gasteiger partial charge in [-0.2, -0.15) is 4.52 Å². The van der Waals surface area contributed by atoms with Crippen molar-refractivity contribution in [1.82, 2.24) is 24.9 Å². The van der Waals surface area contributed by atoms with E-state index in [1.807, 2.05) is 51.8 Å². The summed E-state index contributed by atoms with van der Waals surface area (Å²) in [7, 11) is 1.88. The molecule has 39 heavy (non-hydrogen) atoms. The molecule has 1 aliphatic rings. The molecule has 1 saturated heterocycles. The molecule has 0 bridgehead atoms. The number of alkyl carbamates (subject to hydrolysis) is 1. The van der Waals surface area contributed by atoms with Gasteiger partial charge in [-0.1, -0.05) is 19.1 Å². The number of amides is 1. The van der Waals surface area contributed by atoms with E-state index in [-0.39, 0.29) is 11.9 Å². The summed E-state index contributed by atoms with van der Waals surface area (Å²) in [5.41, 5.74) is 2.19. The molecule has 1 aliphatic heterocycles. The van der Waals surface area contributed by atoms with Crippen LogP contribution in [0.4, 0.5) is 31.0 Å². The first kappa shape index (κ1) is 26.4. The number of carbonyl (C=O) groups excluding carboxylic acids is 1. The van der Waals surface area contributed by atoms with E-state index in [9.17, 15) is 9.18 Å². The van der Waals surface area contributed by atoms with Gasteiger partial charge in [-0.15, -0.1) is 16.4 Å². The number of aryl methyl sites for hydroxylation is 1. The molecule has 0 radical (unpaired) electrons. The number of nitrogens with zero attached hydrogens (tertiary/aromatic N) is 7. The van der Waals surface area contributed by atoms with E-state index in [0.717, 1.165) is 17.3 Å². The van der Waals surface area contributed by atoms with Gasteiger partial charge in [0.15, 0.2) is 16.6 Å². The van der Waals surface area contributed by atoms with E-state index in [4.69, 9.17) is 26.4 Å². The lowest BCUT2D eigenvalue weighted by Crippen LogP contribution is -2.60. The summed E-state index contributed by atoms with van der Waals surface area (Å²) in [4.78, 5) is 29.2. The van der Waals surface area contributed by atoms with Crippen molar-refractivity contribution in [2.75, 3.05) is 29.9 Å². The van der Waals surface area contributed by atoms with Crippen LogP contribution < -0.4 is 15.1 Å². The molecule has 3 aromatic heterocycles. The highest BCUT2D eigenvalue weighted by Gasteiger charge is 2.31. The third-order valence-corrected chi connectivity index (χ3v) is 7.22. The maximum Gasteiger partial charge on any atom is 0.407 e. The average molecular weight is 549 g/mol. The second-order valence-electron chi connectivity index (χ2n) is 10.3. The van der Waals surface area contributed by atoms with E-state index >= 15 is 0 Å². The summed E-state index contributed by atoms with van der Waals surface area (Å²) in [6.45, 7) is 16.4. The topological polar surface area (TPSA) is 92.2 Å². The van der Waals surface area contributed by atoms with Crippen LogP contribution in [-0.4, -0.2) is 57.5 Å². The number of halogens is 1. The van der Waals surface area contributed by atoms with Gasteiger partial charge in [-0.05, 0) is 57.0 Å². The van der Waals surface area contributed by atoms with Crippen molar-refractivity contribution in [3.8, 4) is 11.3 Å². The quantitative estimate of drug-likeness (QED) is 0.314. The minimum absolute atomic E-state index is 0.0271. The molecular formula is C27H29FN8O2S. The molecule has 5 rings (SSSR count). The second-order valence-corrected chi connectivity index (χ2v) is 11.2. The third-order valence-electron chi connectivity index (χ3n) is 6.19. The smallest absolute Gasteiger partial charge is 0.407 e. The normalized spacial score (nSPS) is 13.7. The molecule has 0 unspecified atom stereocenters. The van der Waals surface area contributed by atoms with Crippen molar-refractivity contribution in [1.29, 1.82) is 0 Å². The zero-order valence-corrected chi connectivity index (χ0v) is 23.2. The summed E-state index contributed by atoms with van der Waals surface area (Å²) >= 11 is 1.26. The number of benzene rings is 1. The minimum atomic E-state index is -0.548. The Kier molecular flexibility index (Phi) is 6.86. The van der Waals surface area contributed by atoms with Crippen LogP contribution in [0.2, 0.25) is 0 Å². The number of hydrogen-bond donors (Lipinski definition) is 1. The lowest BCUT2D eigenvalue weighted by molar-refractivity contribution is 0.0496. The highest BCUT2D eigenvalue weighted by molar-refractivity contribution is 7.20. The number of carbonyl (C=O) groups is 1. The molecular weight excluding hydrogens is 519 g/mol. The van der Waals surface area contributed by atoms with Crippen LogP contribution in [0, 0.1) is 12.4 Å². The van der Waals surface area contributed by atoms with Crippen molar-refractivity contribution >= 4 is 44.8 Å².